The molecule has 1 aromatic carbocycles. The first-order chi connectivity index (χ1) is 9.61. The highest BCUT2D eigenvalue weighted by Gasteiger charge is 2.33. The van der Waals surface area contributed by atoms with Crippen molar-refractivity contribution in [3.05, 3.63) is 35.9 Å². The van der Waals surface area contributed by atoms with E-state index in [0.717, 1.165) is 0 Å². The van der Waals surface area contributed by atoms with Crippen LogP contribution in [0, 0.1) is 0 Å². The van der Waals surface area contributed by atoms with Crippen LogP contribution in [-0.4, -0.2) is 31.1 Å². The summed E-state index contributed by atoms with van der Waals surface area (Å²) in [6, 6.07) is 7.83. The lowest BCUT2D eigenvalue weighted by molar-refractivity contribution is -0.150. The van der Waals surface area contributed by atoms with E-state index in [1.54, 1.807) is 30.3 Å². The molecule has 1 saturated heterocycles. The second-order valence-electron chi connectivity index (χ2n) is 4.39. The first-order valence-corrected chi connectivity index (χ1v) is 6.24. The van der Waals surface area contributed by atoms with E-state index in [1.807, 2.05) is 0 Å². The molecule has 1 fully saturated rings. The van der Waals surface area contributed by atoms with E-state index in [4.69, 9.17) is 9.47 Å². The van der Waals surface area contributed by atoms with Gasteiger partial charge in [-0.2, -0.15) is 0 Å². The molecule has 0 aromatic heterocycles. The van der Waals surface area contributed by atoms with Crippen molar-refractivity contribution < 1.29 is 23.9 Å². The number of hydrogen-bond donors (Lipinski definition) is 1. The number of hydrogen-bond acceptors (Lipinski definition) is 5. The molecule has 6 nitrogen and oxygen atoms in total. The fourth-order valence-corrected chi connectivity index (χ4v) is 1.99. The molecular weight excluding hydrogens is 262 g/mol. The summed E-state index contributed by atoms with van der Waals surface area (Å²) in [6.45, 7) is 0. The van der Waals surface area contributed by atoms with E-state index in [-0.39, 0.29) is 6.42 Å². The quantitative estimate of drug-likeness (QED) is 0.820. The van der Waals surface area contributed by atoms with Gasteiger partial charge in [-0.1, -0.05) is 30.3 Å². The van der Waals surface area contributed by atoms with Crippen LogP contribution in [0.4, 0.5) is 0 Å². The van der Waals surface area contributed by atoms with Gasteiger partial charge in [-0.3, -0.25) is 9.59 Å². The maximum absolute atomic E-state index is 12.0. The highest BCUT2D eigenvalue weighted by molar-refractivity contribution is 5.90. The zero-order chi connectivity index (χ0) is 14.5. The summed E-state index contributed by atoms with van der Waals surface area (Å²) in [4.78, 5) is 34.8. The summed E-state index contributed by atoms with van der Waals surface area (Å²) in [6.07, 6.45) is -0.294. The zero-order valence-corrected chi connectivity index (χ0v) is 11.0. The van der Waals surface area contributed by atoms with Crippen molar-refractivity contribution >= 4 is 17.8 Å². The van der Waals surface area contributed by atoms with Crippen molar-refractivity contribution in [3.8, 4) is 0 Å². The minimum atomic E-state index is -0.909. The van der Waals surface area contributed by atoms with E-state index < -0.39 is 30.0 Å². The second kappa shape index (κ2) is 6.18. The third-order valence-corrected chi connectivity index (χ3v) is 3.03. The average Bonchev–Trinajstić information content (AvgIpc) is 2.91. The number of methoxy groups -OCH3 is 1. The van der Waals surface area contributed by atoms with Gasteiger partial charge in [0.05, 0.1) is 7.11 Å². The second-order valence-corrected chi connectivity index (χ2v) is 4.39. The summed E-state index contributed by atoms with van der Waals surface area (Å²) in [5.74, 6) is -1.47. The molecule has 2 rings (SSSR count). The molecule has 1 heterocycles. The number of carbonyl (C=O) groups is 3. The Balaban J connectivity index is 2.10. The first-order valence-electron chi connectivity index (χ1n) is 6.24. The van der Waals surface area contributed by atoms with Crippen LogP contribution in [0.1, 0.15) is 24.4 Å². The van der Waals surface area contributed by atoms with Gasteiger partial charge in [0.1, 0.15) is 0 Å². The summed E-state index contributed by atoms with van der Waals surface area (Å²) in [5, 5.41) is 2.56. The zero-order valence-electron chi connectivity index (χ0n) is 11.0. The smallest absolute Gasteiger partial charge is 0.333 e. The SMILES string of the molecule is COC(=O)[C@H](NC(=O)[C@@H]1CCC(=O)O1)c1ccccc1. The molecule has 1 N–H and O–H groups in total. The number of rotatable bonds is 4. The number of cyclic esters (lactones) is 1. The van der Waals surface area contributed by atoms with Crippen molar-refractivity contribution in [3.63, 3.8) is 0 Å². The summed E-state index contributed by atoms with van der Waals surface area (Å²) in [5.41, 5.74) is 0.608. The molecule has 1 aliphatic heterocycles. The molecule has 0 aliphatic carbocycles. The Kier molecular flexibility index (Phi) is 4.34. The normalized spacial score (nSPS) is 19.1. The lowest BCUT2D eigenvalue weighted by Gasteiger charge is -2.18. The highest BCUT2D eigenvalue weighted by atomic mass is 16.6. The Bertz CT molecular complexity index is 514. The lowest BCUT2D eigenvalue weighted by atomic mass is 10.1. The van der Waals surface area contributed by atoms with E-state index in [9.17, 15) is 14.4 Å². The van der Waals surface area contributed by atoms with Gasteiger partial charge < -0.3 is 14.8 Å². The summed E-state index contributed by atoms with van der Waals surface area (Å²) in [7, 11) is 1.25. The average molecular weight is 277 g/mol. The van der Waals surface area contributed by atoms with Gasteiger partial charge in [0.25, 0.3) is 5.91 Å². The lowest BCUT2D eigenvalue weighted by Crippen LogP contribution is -2.40. The highest BCUT2D eigenvalue weighted by Crippen LogP contribution is 2.18. The number of amides is 1. The van der Waals surface area contributed by atoms with E-state index in [0.29, 0.717) is 12.0 Å². The molecule has 106 valence electrons. The predicted molar refractivity (Wildman–Crippen MR) is 68.5 cm³/mol. The number of nitrogens with one attached hydrogen (secondary N) is 1. The molecule has 20 heavy (non-hydrogen) atoms. The van der Waals surface area contributed by atoms with E-state index >= 15 is 0 Å². The van der Waals surface area contributed by atoms with Crippen molar-refractivity contribution in [2.24, 2.45) is 0 Å². The minimum absolute atomic E-state index is 0.215. The van der Waals surface area contributed by atoms with Gasteiger partial charge in [-0.05, 0) is 5.56 Å². The van der Waals surface area contributed by atoms with Crippen LogP contribution in [0.2, 0.25) is 0 Å². The van der Waals surface area contributed by atoms with Crippen molar-refractivity contribution in [1.29, 1.82) is 0 Å². The molecule has 0 radical (unpaired) electrons. The van der Waals surface area contributed by atoms with Crippen molar-refractivity contribution in [2.45, 2.75) is 25.0 Å². The number of benzene rings is 1. The van der Waals surface area contributed by atoms with Crippen molar-refractivity contribution in [2.75, 3.05) is 7.11 Å². The van der Waals surface area contributed by atoms with Gasteiger partial charge in [0, 0.05) is 12.8 Å². The van der Waals surface area contributed by atoms with Crippen LogP contribution in [0.15, 0.2) is 30.3 Å². The Morgan fingerprint density at radius 2 is 2.05 bits per heavy atom. The minimum Gasteiger partial charge on any atom is -0.467 e. The molecule has 6 heteroatoms. The van der Waals surface area contributed by atoms with Gasteiger partial charge >= 0.3 is 11.9 Å². The molecule has 0 spiro atoms. The van der Waals surface area contributed by atoms with Crippen LogP contribution >= 0.6 is 0 Å². The van der Waals surface area contributed by atoms with Gasteiger partial charge in [-0.25, -0.2) is 4.79 Å². The largest absolute Gasteiger partial charge is 0.467 e. The Morgan fingerprint density at radius 3 is 2.60 bits per heavy atom. The van der Waals surface area contributed by atoms with Crippen LogP contribution in [0.3, 0.4) is 0 Å². The Hall–Kier alpha value is -2.37. The summed E-state index contributed by atoms with van der Waals surface area (Å²) >= 11 is 0. The fraction of sp³-hybridized carbons (Fsp3) is 0.357. The maximum Gasteiger partial charge on any atom is 0.333 e. The van der Waals surface area contributed by atoms with Gasteiger partial charge in [-0.15, -0.1) is 0 Å². The molecule has 1 aliphatic rings. The molecule has 0 unspecified atom stereocenters. The standard InChI is InChI=1S/C14H15NO5/c1-19-14(18)12(9-5-3-2-4-6-9)15-13(17)10-7-8-11(16)20-10/h2-6,10,12H,7-8H2,1H3,(H,15,17)/t10-,12+/m0/s1. The monoisotopic (exact) mass is 277 g/mol. The topological polar surface area (TPSA) is 81.7 Å². The van der Waals surface area contributed by atoms with Gasteiger partial charge in [0.15, 0.2) is 12.1 Å². The molecule has 0 saturated carbocycles. The molecule has 1 aromatic rings. The molecular formula is C14H15NO5. The van der Waals surface area contributed by atoms with Crippen LogP contribution < -0.4 is 5.32 Å². The molecule has 2 atom stereocenters. The van der Waals surface area contributed by atoms with E-state index in [1.165, 1.54) is 7.11 Å². The number of ether oxygens (including phenoxy) is 2. The third-order valence-electron chi connectivity index (χ3n) is 3.03. The Labute approximate surface area is 116 Å². The first kappa shape index (κ1) is 14.0. The maximum atomic E-state index is 12.0. The number of carbonyl (C=O) groups excluding carboxylic acids is 3. The van der Waals surface area contributed by atoms with Crippen molar-refractivity contribution in [1.82, 2.24) is 5.32 Å². The van der Waals surface area contributed by atoms with Crippen LogP contribution in [0.5, 0.6) is 0 Å². The van der Waals surface area contributed by atoms with Gasteiger partial charge in [0.2, 0.25) is 0 Å². The predicted octanol–water partition coefficient (Wildman–Crippen LogP) is 0.722. The molecule has 1 amide bonds. The molecule has 0 bridgehead atoms. The van der Waals surface area contributed by atoms with Crippen LogP contribution in [0.25, 0.3) is 0 Å². The number of esters is 2. The van der Waals surface area contributed by atoms with E-state index in [2.05, 4.69) is 5.32 Å². The summed E-state index contributed by atoms with van der Waals surface area (Å²) < 4.78 is 9.56. The fourth-order valence-electron chi connectivity index (χ4n) is 1.99. The Morgan fingerprint density at radius 1 is 1.35 bits per heavy atom. The third kappa shape index (κ3) is 3.14. The van der Waals surface area contributed by atoms with Crippen LogP contribution in [-0.2, 0) is 23.9 Å².